The lowest BCUT2D eigenvalue weighted by Gasteiger charge is -2.46. The van der Waals surface area contributed by atoms with Crippen molar-refractivity contribution in [3.8, 4) is 0 Å². The second-order valence-corrected chi connectivity index (χ2v) is 7.53. The fourth-order valence-corrected chi connectivity index (χ4v) is 5.48. The molecule has 1 fully saturated rings. The van der Waals surface area contributed by atoms with Gasteiger partial charge in [-0.2, -0.15) is 0 Å². The van der Waals surface area contributed by atoms with E-state index < -0.39 is 20.7 Å². The van der Waals surface area contributed by atoms with Gasteiger partial charge in [0.1, 0.15) is 5.60 Å². The van der Waals surface area contributed by atoms with Gasteiger partial charge in [0.25, 0.3) is 0 Å². The summed E-state index contributed by atoms with van der Waals surface area (Å²) in [5, 5.41) is -0.462. The topological polar surface area (TPSA) is 43.4 Å². The standard InChI is InChI=1S/C15H18O3S/c1-18-15-9-7-12(8-10-15)11-14(15)19(16,17)13-5-3-2-4-6-13/h2-7,9,12,14H,8,10-11H2,1H3. The first-order valence-electron chi connectivity index (χ1n) is 6.62. The normalized spacial score (nSPS) is 33.5. The SMILES string of the molecule is COC12C=CC(CC1)CC2S(=O)(=O)c1ccccc1. The Labute approximate surface area is 114 Å². The van der Waals surface area contributed by atoms with Gasteiger partial charge in [0.2, 0.25) is 0 Å². The van der Waals surface area contributed by atoms with Gasteiger partial charge >= 0.3 is 0 Å². The lowest BCUT2D eigenvalue weighted by Crippen LogP contribution is -2.53. The van der Waals surface area contributed by atoms with Crippen LogP contribution in [0.15, 0.2) is 47.4 Å². The monoisotopic (exact) mass is 278 g/mol. The van der Waals surface area contributed by atoms with Crippen molar-refractivity contribution in [2.24, 2.45) is 5.92 Å². The zero-order valence-electron chi connectivity index (χ0n) is 11.0. The van der Waals surface area contributed by atoms with Crippen molar-refractivity contribution in [3.63, 3.8) is 0 Å². The van der Waals surface area contributed by atoms with Gasteiger partial charge in [-0.05, 0) is 37.3 Å². The minimum Gasteiger partial charge on any atom is -0.373 e. The third-order valence-corrected chi connectivity index (χ3v) is 6.71. The fourth-order valence-electron chi connectivity index (χ4n) is 3.29. The molecule has 3 unspecified atom stereocenters. The van der Waals surface area contributed by atoms with E-state index in [4.69, 9.17) is 4.74 Å². The molecule has 4 heteroatoms. The van der Waals surface area contributed by atoms with Gasteiger partial charge in [-0.3, -0.25) is 0 Å². The van der Waals surface area contributed by atoms with E-state index in [1.807, 2.05) is 12.1 Å². The van der Waals surface area contributed by atoms with E-state index in [9.17, 15) is 8.42 Å². The van der Waals surface area contributed by atoms with Gasteiger partial charge in [-0.25, -0.2) is 8.42 Å². The molecule has 102 valence electrons. The minimum atomic E-state index is -3.34. The lowest BCUT2D eigenvalue weighted by atomic mass is 9.72. The van der Waals surface area contributed by atoms with E-state index in [0.717, 1.165) is 12.8 Å². The number of rotatable bonds is 3. The molecule has 1 aromatic rings. The Morgan fingerprint density at radius 3 is 2.58 bits per heavy atom. The first-order valence-corrected chi connectivity index (χ1v) is 8.16. The van der Waals surface area contributed by atoms with Crippen LogP contribution in [0, 0.1) is 5.92 Å². The number of benzene rings is 1. The smallest absolute Gasteiger partial charge is 0.184 e. The van der Waals surface area contributed by atoms with Crippen LogP contribution in [0.4, 0.5) is 0 Å². The minimum absolute atomic E-state index is 0.375. The number of ether oxygens (including phenoxy) is 1. The van der Waals surface area contributed by atoms with Crippen molar-refractivity contribution in [2.75, 3.05) is 7.11 Å². The summed E-state index contributed by atoms with van der Waals surface area (Å²) in [5.74, 6) is 0.375. The van der Waals surface area contributed by atoms with Crippen molar-refractivity contribution in [1.82, 2.24) is 0 Å². The third kappa shape index (κ3) is 1.94. The highest BCUT2D eigenvalue weighted by molar-refractivity contribution is 7.92. The van der Waals surface area contributed by atoms with E-state index in [1.165, 1.54) is 0 Å². The van der Waals surface area contributed by atoms with E-state index >= 15 is 0 Å². The van der Waals surface area contributed by atoms with E-state index in [2.05, 4.69) is 6.08 Å². The number of hydrogen-bond donors (Lipinski definition) is 0. The average molecular weight is 278 g/mol. The molecule has 0 saturated heterocycles. The highest BCUT2D eigenvalue weighted by Gasteiger charge is 2.51. The molecule has 3 atom stereocenters. The van der Waals surface area contributed by atoms with Crippen molar-refractivity contribution in [3.05, 3.63) is 42.5 Å². The number of methoxy groups -OCH3 is 1. The Bertz CT molecular complexity index is 591. The molecule has 19 heavy (non-hydrogen) atoms. The van der Waals surface area contributed by atoms with Crippen LogP contribution in [0.3, 0.4) is 0 Å². The van der Waals surface area contributed by atoms with Crippen molar-refractivity contribution in [2.45, 2.75) is 35.0 Å². The molecule has 0 heterocycles. The molecule has 2 bridgehead atoms. The maximum atomic E-state index is 12.8. The van der Waals surface area contributed by atoms with Gasteiger partial charge in [0.15, 0.2) is 9.84 Å². The zero-order chi connectivity index (χ0) is 13.5. The predicted molar refractivity (Wildman–Crippen MR) is 73.6 cm³/mol. The van der Waals surface area contributed by atoms with Crippen molar-refractivity contribution >= 4 is 9.84 Å². The predicted octanol–water partition coefficient (Wildman–Crippen LogP) is 2.58. The quantitative estimate of drug-likeness (QED) is 0.798. The Kier molecular flexibility index (Phi) is 3.02. The van der Waals surface area contributed by atoms with E-state index in [1.54, 1.807) is 31.4 Å². The summed E-state index contributed by atoms with van der Waals surface area (Å²) in [6.07, 6.45) is 6.56. The van der Waals surface area contributed by atoms with Crippen LogP contribution in [-0.2, 0) is 14.6 Å². The highest BCUT2D eigenvalue weighted by Crippen LogP contribution is 2.46. The maximum Gasteiger partial charge on any atom is 0.184 e. The number of allylic oxidation sites excluding steroid dienone is 1. The summed E-state index contributed by atoms with van der Waals surface area (Å²) in [4.78, 5) is 0.400. The molecule has 0 spiro atoms. The zero-order valence-corrected chi connectivity index (χ0v) is 11.8. The Morgan fingerprint density at radius 1 is 1.26 bits per heavy atom. The van der Waals surface area contributed by atoms with Gasteiger partial charge < -0.3 is 4.74 Å². The van der Waals surface area contributed by atoms with Crippen LogP contribution in [0.1, 0.15) is 19.3 Å². The Balaban J connectivity index is 2.05. The molecule has 1 saturated carbocycles. The molecule has 0 amide bonds. The Morgan fingerprint density at radius 2 is 2.00 bits per heavy atom. The van der Waals surface area contributed by atoms with Crippen LogP contribution in [-0.4, -0.2) is 26.4 Å². The first kappa shape index (κ1) is 12.9. The lowest BCUT2D eigenvalue weighted by molar-refractivity contribution is -0.0107. The van der Waals surface area contributed by atoms with Crippen LogP contribution >= 0.6 is 0 Å². The molecule has 4 rings (SSSR count). The van der Waals surface area contributed by atoms with Gasteiger partial charge in [0, 0.05) is 7.11 Å². The molecule has 0 radical (unpaired) electrons. The molecule has 3 aliphatic rings. The summed E-state index contributed by atoms with van der Waals surface area (Å²) in [7, 11) is -1.73. The van der Waals surface area contributed by atoms with Gasteiger partial charge in [-0.15, -0.1) is 0 Å². The molecule has 0 aliphatic heterocycles. The van der Waals surface area contributed by atoms with Crippen molar-refractivity contribution < 1.29 is 13.2 Å². The highest BCUT2D eigenvalue weighted by atomic mass is 32.2. The second kappa shape index (κ2) is 4.46. The second-order valence-electron chi connectivity index (χ2n) is 5.40. The third-order valence-electron chi connectivity index (χ3n) is 4.44. The van der Waals surface area contributed by atoms with Crippen LogP contribution in [0.5, 0.6) is 0 Å². The maximum absolute atomic E-state index is 12.8. The van der Waals surface area contributed by atoms with Crippen LogP contribution < -0.4 is 0 Å². The van der Waals surface area contributed by atoms with E-state index in [0.29, 0.717) is 17.2 Å². The molecule has 0 N–H and O–H groups in total. The number of hydrogen-bond acceptors (Lipinski definition) is 3. The summed E-state index contributed by atoms with van der Waals surface area (Å²) in [6, 6.07) is 8.71. The molecule has 1 aromatic carbocycles. The molecular formula is C15H18O3S. The summed E-state index contributed by atoms with van der Waals surface area (Å²) in [5.41, 5.74) is -0.635. The fraction of sp³-hybridized carbons (Fsp3) is 0.467. The molecule has 3 nitrogen and oxygen atoms in total. The number of fused-ring (bicyclic) bond motifs is 2. The van der Waals surface area contributed by atoms with E-state index in [-0.39, 0.29) is 0 Å². The number of sulfone groups is 1. The van der Waals surface area contributed by atoms with Crippen LogP contribution in [0.25, 0.3) is 0 Å². The summed E-state index contributed by atoms with van der Waals surface area (Å²) < 4.78 is 31.3. The van der Waals surface area contributed by atoms with Gasteiger partial charge in [-0.1, -0.05) is 30.4 Å². The van der Waals surface area contributed by atoms with Crippen molar-refractivity contribution in [1.29, 1.82) is 0 Å². The largest absolute Gasteiger partial charge is 0.373 e. The molecular weight excluding hydrogens is 260 g/mol. The molecule has 0 aromatic heterocycles. The average Bonchev–Trinajstić information content (AvgIpc) is 2.49. The van der Waals surface area contributed by atoms with Crippen LogP contribution in [0.2, 0.25) is 0 Å². The Hall–Kier alpha value is -1.13. The summed E-state index contributed by atoms with van der Waals surface area (Å²) >= 11 is 0. The molecule has 3 aliphatic carbocycles. The summed E-state index contributed by atoms with van der Waals surface area (Å²) in [6.45, 7) is 0. The first-order chi connectivity index (χ1) is 9.08. The van der Waals surface area contributed by atoms with Gasteiger partial charge in [0.05, 0.1) is 10.1 Å².